The fourth-order valence-electron chi connectivity index (χ4n) is 11.9. The number of carbonyl (C=O) groups is 4. The number of esters is 1. The second-order valence-corrected chi connectivity index (χ2v) is 19.8. The maximum atomic E-state index is 17.6. The number of alkyl halides is 1. The van der Waals surface area contributed by atoms with Crippen LogP contribution in [0.5, 0.6) is 5.75 Å². The fourth-order valence-corrected chi connectivity index (χ4v) is 11.9. The molecule has 5 aliphatic carbocycles. The van der Waals surface area contributed by atoms with Gasteiger partial charge < -0.3 is 38.8 Å². The van der Waals surface area contributed by atoms with E-state index in [0.29, 0.717) is 23.9 Å². The number of allylic oxidation sites excluding steroid dienone is 4. The summed E-state index contributed by atoms with van der Waals surface area (Å²) >= 11 is 0. The van der Waals surface area contributed by atoms with Gasteiger partial charge in [-0.2, -0.15) is 0 Å². The molecular formula is C46H57F2N3O10. The van der Waals surface area contributed by atoms with Crippen molar-refractivity contribution in [2.24, 2.45) is 28.6 Å². The van der Waals surface area contributed by atoms with Gasteiger partial charge in [0.15, 0.2) is 29.6 Å². The van der Waals surface area contributed by atoms with E-state index < -0.39 is 92.8 Å². The number of halogens is 2. The molecule has 5 fully saturated rings. The van der Waals surface area contributed by atoms with Crippen LogP contribution in [-0.2, 0) is 19.1 Å². The highest BCUT2D eigenvalue weighted by molar-refractivity contribution is 6.01. The maximum Gasteiger partial charge on any atom is 0.410 e. The minimum absolute atomic E-state index is 0.103. The molecule has 0 spiro atoms. The summed E-state index contributed by atoms with van der Waals surface area (Å²) in [6, 6.07) is 0.592. The smallest absolute Gasteiger partial charge is 0.410 e. The van der Waals surface area contributed by atoms with E-state index in [9.17, 15) is 34.2 Å². The minimum atomic E-state index is -2.16. The van der Waals surface area contributed by atoms with Crippen LogP contribution >= 0.6 is 0 Å². The standard InChI is InChI=1S/C46H57F2N3O10/c1-24-17-32-31-12-9-26-18-28(52)13-14-43(26,6)45(31,48)34(53)20-44(32,7)46(24,58)35(54)23-60-40(56)30-22-51(27-10-11-27)36-29(38(30)55)19-33(47)37(39(36)59-8)49-15-16-50(25(2)21-49)41(57)61-42(3,4)5/h13-14,18-19,22,24-25,27,31-32,34,53,58H,9-12,15-17,20-21,23H2,1-8H3/t24-,25?,31+,32+,34+,43+,44+,45+,46+/m1/s1. The molecule has 1 unspecified atom stereocenters. The van der Waals surface area contributed by atoms with E-state index in [-0.39, 0.29) is 67.2 Å². The average molecular weight is 850 g/mol. The second kappa shape index (κ2) is 14.5. The number of fused-ring (bicyclic) bond motifs is 6. The molecule has 1 aromatic heterocycles. The number of hydrogen-bond acceptors (Lipinski definition) is 11. The van der Waals surface area contributed by atoms with Crippen molar-refractivity contribution >= 4 is 40.2 Å². The van der Waals surface area contributed by atoms with Crippen LogP contribution in [0.1, 0.15) is 103 Å². The molecule has 2 N–H and O–H groups in total. The summed E-state index contributed by atoms with van der Waals surface area (Å²) in [5.74, 6) is -4.82. The first-order valence-electron chi connectivity index (χ1n) is 21.5. The number of rotatable bonds is 7. The predicted molar refractivity (Wildman–Crippen MR) is 221 cm³/mol. The number of Topliss-reactive ketones (excluding diaryl/α,β-unsaturated/α-hetero) is 1. The number of aliphatic hydroxyl groups excluding tert-OH is 1. The summed E-state index contributed by atoms with van der Waals surface area (Å²) in [4.78, 5) is 70.7. The van der Waals surface area contributed by atoms with Crippen LogP contribution in [0.3, 0.4) is 0 Å². The van der Waals surface area contributed by atoms with Crippen molar-refractivity contribution in [3.05, 3.63) is 57.7 Å². The summed E-state index contributed by atoms with van der Waals surface area (Å²) < 4.78 is 52.6. The first kappa shape index (κ1) is 43.0. The molecule has 6 aliphatic rings. The van der Waals surface area contributed by atoms with Crippen LogP contribution in [0.25, 0.3) is 10.9 Å². The van der Waals surface area contributed by atoms with Crippen molar-refractivity contribution in [1.82, 2.24) is 9.47 Å². The van der Waals surface area contributed by atoms with Crippen LogP contribution in [-0.4, -0.2) is 106 Å². The van der Waals surface area contributed by atoms with Crippen LogP contribution in [0.2, 0.25) is 0 Å². The quantitative estimate of drug-likeness (QED) is 0.314. The zero-order valence-electron chi connectivity index (χ0n) is 36.2. The molecule has 4 saturated carbocycles. The Morgan fingerprint density at radius 3 is 2.39 bits per heavy atom. The zero-order valence-corrected chi connectivity index (χ0v) is 36.2. The fraction of sp³-hybridized carbons (Fsp3) is 0.630. The highest BCUT2D eigenvalue weighted by Gasteiger charge is 2.75. The highest BCUT2D eigenvalue weighted by Crippen LogP contribution is 2.70. The van der Waals surface area contributed by atoms with Crippen molar-refractivity contribution < 1.29 is 52.4 Å². The zero-order chi connectivity index (χ0) is 44.4. The largest absolute Gasteiger partial charge is 0.492 e. The maximum absolute atomic E-state index is 17.6. The molecule has 0 bridgehead atoms. The number of methoxy groups -OCH3 is 1. The van der Waals surface area contributed by atoms with E-state index in [1.54, 1.807) is 62.0 Å². The predicted octanol–water partition coefficient (Wildman–Crippen LogP) is 6.00. The van der Waals surface area contributed by atoms with Gasteiger partial charge in [-0.25, -0.2) is 18.4 Å². The molecule has 2 heterocycles. The Balaban J connectivity index is 1.05. The van der Waals surface area contributed by atoms with E-state index in [2.05, 4.69) is 0 Å². The number of ketones is 2. The van der Waals surface area contributed by atoms with Gasteiger partial charge in [-0.1, -0.05) is 25.5 Å². The third kappa shape index (κ3) is 6.37. The SMILES string of the molecule is COc1c(N2CCN(C(=O)OC(C)(C)C)C(C)C2)c(F)cc2c(=O)c(C(=O)OCC(=O)[C@@]3(O)[C@H](C)C[C@H]4[C@@H]5CCC6=CC(=O)C=C[C@]6(C)[C@@]5(F)[C@@H](O)C[C@@]43C)cn(C3CC3)c12. The second-order valence-electron chi connectivity index (χ2n) is 19.8. The normalized spacial score (nSPS) is 34.7. The van der Waals surface area contributed by atoms with Crippen molar-refractivity contribution in [2.45, 2.75) is 122 Å². The first-order valence-corrected chi connectivity index (χ1v) is 21.5. The van der Waals surface area contributed by atoms with Crippen LogP contribution in [0.4, 0.5) is 19.3 Å². The number of aliphatic hydroxyl groups is 2. The van der Waals surface area contributed by atoms with Gasteiger partial charge in [0.2, 0.25) is 11.2 Å². The van der Waals surface area contributed by atoms with Crippen LogP contribution in [0.15, 0.2) is 40.9 Å². The van der Waals surface area contributed by atoms with Crippen LogP contribution < -0.4 is 15.1 Å². The van der Waals surface area contributed by atoms with Gasteiger partial charge in [-0.15, -0.1) is 0 Å². The minimum Gasteiger partial charge on any atom is -0.492 e. The number of ether oxygens (including phenoxy) is 3. The molecule has 15 heteroatoms. The summed E-state index contributed by atoms with van der Waals surface area (Å²) in [5.41, 5.74) is -7.73. The van der Waals surface area contributed by atoms with Gasteiger partial charge in [0.05, 0.1) is 24.1 Å². The monoisotopic (exact) mass is 849 g/mol. The molecule has 1 aliphatic heterocycles. The van der Waals surface area contributed by atoms with E-state index in [4.69, 9.17) is 14.2 Å². The topological polar surface area (TPSA) is 165 Å². The molecule has 9 atom stereocenters. The van der Waals surface area contributed by atoms with Crippen molar-refractivity contribution in [3.8, 4) is 5.75 Å². The summed E-state index contributed by atoms with van der Waals surface area (Å²) in [5, 5.41) is 24.0. The Bertz CT molecular complexity index is 2350. The summed E-state index contributed by atoms with van der Waals surface area (Å²) in [7, 11) is 1.38. The Hall–Kier alpha value is -4.63. The van der Waals surface area contributed by atoms with E-state index in [1.807, 2.05) is 6.92 Å². The Morgan fingerprint density at radius 1 is 1.05 bits per heavy atom. The van der Waals surface area contributed by atoms with Gasteiger partial charge in [0.1, 0.15) is 22.5 Å². The van der Waals surface area contributed by atoms with Crippen molar-refractivity contribution in [3.63, 3.8) is 0 Å². The number of carbonyl (C=O) groups excluding carboxylic acids is 4. The number of pyridine rings is 1. The molecule has 1 amide bonds. The highest BCUT2D eigenvalue weighted by atomic mass is 19.1. The Labute approximate surface area is 353 Å². The van der Waals surface area contributed by atoms with Crippen molar-refractivity contribution in [1.29, 1.82) is 0 Å². The number of benzene rings is 1. The summed E-state index contributed by atoms with van der Waals surface area (Å²) in [6.45, 7) is 12.1. The number of nitrogens with zero attached hydrogens (tertiary/aromatic N) is 3. The first-order chi connectivity index (χ1) is 28.5. The number of hydrogen-bond donors (Lipinski definition) is 2. The lowest BCUT2D eigenvalue weighted by Crippen LogP contribution is -2.69. The third-order valence-electron chi connectivity index (χ3n) is 15.1. The number of amides is 1. The lowest BCUT2D eigenvalue weighted by atomic mass is 9.44. The Kier molecular flexibility index (Phi) is 10.2. The molecule has 330 valence electrons. The molecular weight excluding hydrogens is 793 g/mol. The van der Waals surface area contributed by atoms with E-state index in [0.717, 1.165) is 18.9 Å². The molecule has 0 radical (unpaired) electrons. The molecule has 61 heavy (non-hydrogen) atoms. The van der Waals surface area contributed by atoms with Crippen LogP contribution in [0, 0.1) is 34.4 Å². The van der Waals surface area contributed by atoms with Gasteiger partial charge in [-0.05, 0) is 103 Å². The summed E-state index contributed by atoms with van der Waals surface area (Å²) in [6.07, 6.45) is 5.82. The average Bonchev–Trinajstić information content (AvgIpc) is 4.01. The van der Waals surface area contributed by atoms with Crippen molar-refractivity contribution in [2.75, 3.05) is 38.3 Å². The molecule has 1 aromatic carbocycles. The van der Waals surface area contributed by atoms with Gasteiger partial charge in [0, 0.05) is 54.7 Å². The van der Waals surface area contributed by atoms with E-state index in [1.165, 1.54) is 25.5 Å². The lowest BCUT2D eigenvalue weighted by Gasteiger charge is -2.62. The molecule has 13 nitrogen and oxygen atoms in total. The number of aromatic nitrogens is 1. The van der Waals surface area contributed by atoms with E-state index >= 15 is 8.78 Å². The van der Waals surface area contributed by atoms with Gasteiger partial charge in [-0.3, -0.25) is 14.4 Å². The molecule has 2 aromatic rings. The molecule has 1 saturated heterocycles. The van der Waals surface area contributed by atoms with Gasteiger partial charge >= 0.3 is 12.1 Å². The lowest BCUT2D eigenvalue weighted by molar-refractivity contribution is -0.219. The van der Waals surface area contributed by atoms with Gasteiger partial charge in [0.25, 0.3) is 0 Å². The Morgan fingerprint density at radius 2 is 1.75 bits per heavy atom. The number of anilines is 1. The number of piperazine rings is 1. The molecule has 8 rings (SSSR count). The third-order valence-corrected chi connectivity index (χ3v) is 15.1.